The lowest BCUT2D eigenvalue weighted by molar-refractivity contribution is 0.167. The van der Waals surface area contributed by atoms with E-state index in [1.54, 1.807) is 10.5 Å². The summed E-state index contributed by atoms with van der Waals surface area (Å²) in [5.41, 5.74) is 5.40. The molecule has 0 radical (unpaired) electrons. The predicted octanol–water partition coefficient (Wildman–Crippen LogP) is 2.33. The molecule has 1 aromatic carbocycles. The Hall–Kier alpha value is -3.02. The average molecular weight is 494 g/mol. The first-order valence-corrected chi connectivity index (χ1v) is 13.7. The third-order valence-corrected chi connectivity index (χ3v) is 9.46. The second-order valence-corrected chi connectivity index (χ2v) is 11.6. The van der Waals surface area contributed by atoms with E-state index in [1.165, 1.54) is 11.1 Å². The quantitative estimate of drug-likeness (QED) is 0.490. The lowest BCUT2D eigenvalue weighted by Gasteiger charge is -2.32. The number of benzene rings is 1. The summed E-state index contributed by atoms with van der Waals surface area (Å²) in [6, 6.07) is 8.40. The number of piperazine rings is 1. The van der Waals surface area contributed by atoms with Crippen molar-refractivity contribution < 1.29 is 13.2 Å². The first-order chi connectivity index (χ1) is 17.1. The molecule has 0 saturated carbocycles. The predicted molar refractivity (Wildman–Crippen MR) is 129 cm³/mol. The molecule has 2 aromatic heterocycles. The van der Waals surface area contributed by atoms with Crippen LogP contribution in [0.4, 0.5) is 11.6 Å². The standard InChI is InChI=1S/C24H27N7O3S/c32-35(33)24-27-23(28-29-24)26-22-19-4-1-3-15(19)5-6-20(22)16-7-8-25-21(11-16)34-10-2-9-30-13-18-12-17(30)14-31(18)35/h5-8,11,17-18H,1-4,9-10,12-14H2,(H2,26,27,28,29)/t17-,18-/m0/s1. The molecule has 2 unspecified atom stereocenters. The number of hydrogen-bond donors (Lipinski definition) is 2. The number of rotatable bonds is 0. The summed E-state index contributed by atoms with van der Waals surface area (Å²) >= 11 is 0. The van der Waals surface area contributed by atoms with Crippen molar-refractivity contribution in [3.8, 4) is 17.0 Å². The maximum atomic E-state index is 13.4. The molecule has 3 aromatic rings. The monoisotopic (exact) mass is 493 g/mol. The van der Waals surface area contributed by atoms with Crippen LogP contribution in [0.25, 0.3) is 11.1 Å². The van der Waals surface area contributed by atoms with Crippen molar-refractivity contribution in [3.05, 3.63) is 41.6 Å². The SMILES string of the molecule is O=S1(=O)c2nc(n[nH]2)Nc2c(ccc3c2CCC3)-c2ccnc(c2)OCCCN2C[C@@H]3C[C@H]2CN31. The smallest absolute Gasteiger partial charge is 0.278 e. The molecule has 5 aliphatic rings. The molecule has 0 spiro atoms. The third-order valence-electron chi connectivity index (χ3n) is 7.73. The normalized spacial score (nSPS) is 28.5. The van der Waals surface area contributed by atoms with E-state index >= 15 is 0 Å². The van der Waals surface area contributed by atoms with Crippen LogP contribution in [-0.2, 0) is 22.9 Å². The van der Waals surface area contributed by atoms with Gasteiger partial charge in [-0.25, -0.2) is 18.5 Å². The minimum absolute atomic E-state index is 0.0337. The highest BCUT2D eigenvalue weighted by molar-refractivity contribution is 7.89. The lowest BCUT2D eigenvalue weighted by Crippen LogP contribution is -2.49. The molecule has 6 heterocycles. The Kier molecular flexibility index (Phi) is 4.87. The molecule has 2 N–H and O–H groups in total. The van der Waals surface area contributed by atoms with Gasteiger partial charge in [-0.05, 0) is 54.9 Å². The first-order valence-electron chi connectivity index (χ1n) is 12.3. The number of sulfonamides is 1. The van der Waals surface area contributed by atoms with Crippen molar-refractivity contribution in [3.63, 3.8) is 0 Å². The van der Waals surface area contributed by atoms with Crippen LogP contribution in [0.1, 0.15) is 30.4 Å². The minimum atomic E-state index is -3.74. The molecule has 182 valence electrons. The van der Waals surface area contributed by atoms with Gasteiger partial charge in [0, 0.05) is 49.5 Å². The fourth-order valence-corrected chi connectivity index (χ4v) is 7.57. The van der Waals surface area contributed by atoms with Crippen LogP contribution in [0.3, 0.4) is 0 Å². The molecule has 8 bridgehead atoms. The Morgan fingerprint density at radius 3 is 2.91 bits per heavy atom. The Morgan fingerprint density at radius 2 is 2.03 bits per heavy atom. The summed E-state index contributed by atoms with van der Waals surface area (Å²) in [4.78, 5) is 11.2. The van der Waals surface area contributed by atoms with Crippen molar-refractivity contribution >= 4 is 21.7 Å². The van der Waals surface area contributed by atoms with E-state index in [-0.39, 0.29) is 23.2 Å². The fourth-order valence-electron chi connectivity index (χ4n) is 6.07. The Balaban J connectivity index is 1.33. The van der Waals surface area contributed by atoms with Crippen molar-refractivity contribution in [1.29, 1.82) is 0 Å². The summed E-state index contributed by atoms with van der Waals surface area (Å²) in [6.07, 6.45) is 6.54. The zero-order valence-electron chi connectivity index (χ0n) is 19.3. The zero-order valence-corrected chi connectivity index (χ0v) is 20.1. The van der Waals surface area contributed by atoms with Gasteiger partial charge < -0.3 is 10.1 Å². The number of ether oxygens (including phenoxy) is 1. The van der Waals surface area contributed by atoms with Crippen LogP contribution in [0, 0.1) is 0 Å². The number of H-pyrrole nitrogens is 1. The van der Waals surface area contributed by atoms with Gasteiger partial charge in [0.15, 0.2) is 0 Å². The number of aromatic nitrogens is 4. The molecule has 10 nitrogen and oxygen atoms in total. The van der Waals surface area contributed by atoms with Crippen LogP contribution in [0.5, 0.6) is 5.88 Å². The molecule has 8 rings (SSSR count). The van der Waals surface area contributed by atoms with Crippen LogP contribution in [0.2, 0.25) is 0 Å². The molecular weight excluding hydrogens is 466 g/mol. The number of aryl methyl sites for hydroxylation is 1. The number of fused-ring (bicyclic) bond motifs is 4. The summed E-state index contributed by atoms with van der Waals surface area (Å²) in [5, 5.41) is 10.2. The molecule has 2 saturated heterocycles. The van der Waals surface area contributed by atoms with Crippen LogP contribution in [-0.4, -0.2) is 76.1 Å². The topological polar surface area (TPSA) is 116 Å². The summed E-state index contributed by atoms with van der Waals surface area (Å²) in [7, 11) is -3.74. The van der Waals surface area contributed by atoms with E-state index in [0.29, 0.717) is 19.0 Å². The Labute approximate surface area is 203 Å². The van der Waals surface area contributed by atoms with E-state index in [1.807, 2.05) is 12.1 Å². The number of pyridine rings is 1. The highest BCUT2D eigenvalue weighted by Crippen LogP contribution is 2.40. The first kappa shape index (κ1) is 21.3. The van der Waals surface area contributed by atoms with E-state index in [2.05, 4.69) is 42.5 Å². The summed E-state index contributed by atoms with van der Waals surface area (Å²) in [6.45, 7) is 2.66. The van der Waals surface area contributed by atoms with Gasteiger partial charge in [0.05, 0.1) is 12.3 Å². The molecule has 4 aliphatic heterocycles. The molecule has 1 aliphatic carbocycles. The highest BCUT2D eigenvalue weighted by Gasteiger charge is 2.49. The molecule has 0 amide bonds. The van der Waals surface area contributed by atoms with Crippen LogP contribution in [0.15, 0.2) is 35.6 Å². The van der Waals surface area contributed by atoms with E-state index in [4.69, 9.17) is 4.74 Å². The van der Waals surface area contributed by atoms with E-state index in [0.717, 1.165) is 62.0 Å². The Morgan fingerprint density at radius 1 is 1.09 bits per heavy atom. The van der Waals surface area contributed by atoms with Gasteiger partial charge in [-0.3, -0.25) is 4.90 Å². The number of aromatic amines is 1. The van der Waals surface area contributed by atoms with Crippen LogP contribution < -0.4 is 10.1 Å². The van der Waals surface area contributed by atoms with Gasteiger partial charge in [-0.2, -0.15) is 9.29 Å². The fraction of sp³-hybridized carbons (Fsp3) is 0.458. The molecule has 11 heteroatoms. The van der Waals surface area contributed by atoms with Crippen molar-refractivity contribution in [2.24, 2.45) is 0 Å². The zero-order chi connectivity index (χ0) is 23.6. The van der Waals surface area contributed by atoms with Gasteiger partial charge in [0.2, 0.25) is 11.8 Å². The molecule has 4 atom stereocenters. The summed E-state index contributed by atoms with van der Waals surface area (Å²) < 4.78 is 34.4. The lowest BCUT2D eigenvalue weighted by atomic mass is 9.98. The highest BCUT2D eigenvalue weighted by atomic mass is 32.2. The average Bonchev–Trinajstić information content (AvgIpc) is 3.65. The van der Waals surface area contributed by atoms with E-state index < -0.39 is 10.0 Å². The molecular formula is C24H27N7O3S. The number of nitrogens with zero attached hydrogens (tertiary/aromatic N) is 5. The largest absolute Gasteiger partial charge is 0.478 e. The maximum absolute atomic E-state index is 13.4. The van der Waals surface area contributed by atoms with Gasteiger partial charge in [-0.15, -0.1) is 5.10 Å². The van der Waals surface area contributed by atoms with Crippen molar-refractivity contribution in [2.45, 2.75) is 49.3 Å². The van der Waals surface area contributed by atoms with Crippen molar-refractivity contribution in [1.82, 2.24) is 29.4 Å². The second-order valence-electron chi connectivity index (χ2n) is 9.77. The van der Waals surface area contributed by atoms with Gasteiger partial charge in [-0.1, -0.05) is 12.1 Å². The molecule has 35 heavy (non-hydrogen) atoms. The maximum Gasteiger partial charge on any atom is 0.278 e. The number of nitrogens with one attached hydrogen (secondary N) is 2. The van der Waals surface area contributed by atoms with Gasteiger partial charge in [0.1, 0.15) is 0 Å². The summed E-state index contributed by atoms with van der Waals surface area (Å²) in [5.74, 6) is 0.859. The molecule has 2 fully saturated rings. The number of anilines is 2. The van der Waals surface area contributed by atoms with Gasteiger partial charge in [0.25, 0.3) is 15.2 Å². The van der Waals surface area contributed by atoms with Gasteiger partial charge >= 0.3 is 0 Å². The Bertz CT molecular complexity index is 1410. The number of hydrogen-bond acceptors (Lipinski definition) is 8. The third kappa shape index (κ3) is 3.52. The van der Waals surface area contributed by atoms with Crippen molar-refractivity contribution in [2.75, 3.05) is 31.6 Å². The second kappa shape index (κ2) is 8.00. The minimum Gasteiger partial charge on any atom is -0.478 e. The van der Waals surface area contributed by atoms with E-state index in [9.17, 15) is 8.42 Å². The van der Waals surface area contributed by atoms with Crippen LogP contribution >= 0.6 is 0 Å².